The van der Waals surface area contributed by atoms with Gasteiger partial charge < -0.3 is 18.6 Å². The van der Waals surface area contributed by atoms with Gasteiger partial charge in [0.25, 0.3) is 5.91 Å². The Morgan fingerprint density at radius 3 is 2.73 bits per heavy atom. The average molecular weight is 499 g/mol. The van der Waals surface area contributed by atoms with E-state index < -0.39 is 0 Å². The van der Waals surface area contributed by atoms with Crippen LogP contribution in [0.15, 0.2) is 89.9 Å². The van der Waals surface area contributed by atoms with Crippen molar-refractivity contribution >= 4 is 5.91 Å². The molecule has 192 valence electrons. The molecule has 0 bridgehead atoms. The highest BCUT2D eigenvalue weighted by molar-refractivity contribution is 5.91. The summed E-state index contributed by atoms with van der Waals surface area (Å²) in [6, 6.07) is 20.0. The van der Waals surface area contributed by atoms with E-state index in [0.29, 0.717) is 11.7 Å². The SMILES string of the molecule is COc1cccc(C[C@@H](C2CCN(Cc3cccn3-c3cccnc3)CC2)N(C)C(=O)c2ccco2)c1. The second-order valence-corrected chi connectivity index (χ2v) is 9.71. The Morgan fingerprint density at radius 1 is 1.14 bits per heavy atom. The molecule has 1 fully saturated rings. The summed E-state index contributed by atoms with van der Waals surface area (Å²) >= 11 is 0. The first kappa shape index (κ1) is 24.8. The number of hydrogen-bond donors (Lipinski definition) is 0. The van der Waals surface area contributed by atoms with E-state index in [4.69, 9.17) is 9.15 Å². The van der Waals surface area contributed by atoms with Crippen molar-refractivity contribution < 1.29 is 13.9 Å². The number of amides is 1. The van der Waals surface area contributed by atoms with Gasteiger partial charge >= 0.3 is 0 Å². The van der Waals surface area contributed by atoms with Gasteiger partial charge in [-0.25, -0.2) is 0 Å². The molecule has 7 nitrogen and oxygen atoms in total. The lowest BCUT2D eigenvalue weighted by molar-refractivity contribution is 0.0555. The van der Waals surface area contributed by atoms with Gasteiger partial charge in [-0.1, -0.05) is 12.1 Å². The molecule has 0 spiro atoms. The minimum absolute atomic E-state index is 0.0612. The second-order valence-electron chi connectivity index (χ2n) is 9.71. The smallest absolute Gasteiger partial charge is 0.289 e. The lowest BCUT2D eigenvalue weighted by atomic mass is 9.84. The lowest BCUT2D eigenvalue weighted by Gasteiger charge is -2.40. The largest absolute Gasteiger partial charge is 0.497 e. The molecule has 1 amide bonds. The Labute approximate surface area is 218 Å². The minimum Gasteiger partial charge on any atom is -0.497 e. The van der Waals surface area contributed by atoms with Crippen LogP contribution in [0.5, 0.6) is 5.75 Å². The lowest BCUT2D eigenvalue weighted by Crippen LogP contribution is -2.47. The Balaban J connectivity index is 1.29. The van der Waals surface area contributed by atoms with E-state index in [1.54, 1.807) is 31.7 Å². The Hall–Kier alpha value is -3.84. The van der Waals surface area contributed by atoms with E-state index in [-0.39, 0.29) is 11.9 Å². The van der Waals surface area contributed by atoms with Crippen molar-refractivity contribution in [1.82, 2.24) is 19.4 Å². The molecule has 5 rings (SSSR count). The van der Waals surface area contributed by atoms with Gasteiger partial charge in [-0.05, 0) is 92.4 Å². The summed E-state index contributed by atoms with van der Waals surface area (Å²) in [4.78, 5) is 21.9. The molecule has 1 aliphatic rings. The van der Waals surface area contributed by atoms with Crippen molar-refractivity contribution in [1.29, 1.82) is 0 Å². The summed E-state index contributed by atoms with van der Waals surface area (Å²) in [7, 11) is 3.59. The van der Waals surface area contributed by atoms with E-state index in [0.717, 1.165) is 50.3 Å². The Morgan fingerprint density at radius 2 is 2.00 bits per heavy atom. The summed E-state index contributed by atoms with van der Waals surface area (Å²) in [5, 5.41) is 0. The van der Waals surface area contributed by atoms with Crippen molar-refractivity contribution in [3.63, 3.8) is 0 Å². The van der Waals surface area contributed by atoms with Crippen LogP contribution in [-0.2, 0) is 13.0 Å². The van der Waals surface area contributed by atoms with E-state index in [9.17, 15) is 4.79 Å². The summed E-state index contributed by atoms with van der Waals surface area (Å²) in [5.74, 6) is 1.53. The number of likely N-dealkylation sites (tertiary alicyclic amines) is 1. The molecule has 37 heavy (non-hydrogen) atoms. The van der Waals surface area contributed by atoms with E-state index in [1.165, 1.54) is 11.3 Å². The first-order chi connectivity index (χ1) is 18.1. The zero-order valence-electron chi connectivity index (χ0n) is 21.5. The third-order valence-corrected chi connectivity index (χ3v) is 7.45. The maximum absolute atomic E-state index is 13.2. The molecule has 4 heterocycles. The molecule has 0 radical (unpaired) electrons. The predicted molar refractivity (Wildman–Crippen MR) is 143 cm³/mol. The van der Waals surface area contributed by atoms with Crippen LogP contribution >= 0.6 is 0 Å². The summed E-state index contributed by atoms with van der Waals surface area (Å²) < 4.78 is 13.1. The monoisotopic (exact) mass is 498 g/mol. The normalized spacial score (nSPS) is 15.4. The molecule has 0 aliphatic carbocycles. The number of rotatable bonds is 9. The van der Waals surface area contributed by atoms with Crippen LogP contribution in [0.1, 0.15) is 34.7 Å². The van der Waals surface area contributed by atoms with Crippen LogP contribution in [0.25, 0.3) is 5.69 Å². The molecule has 4 aromatic rings. The zero-order chi connectivity index (χ0) is 25.6. The van der Waals surface area contributed by atoms with Gasteiger partial charge in [0.15, 0.2) is 5.76 Å². The number of hydrogen-bond acceptors (Lipinski definition) is 5. The molecule has 3 aromatic heterocycles. The van der Waals surface area contributed by atoms with Gasteiger partial charge in [0, 0.05) is 37.7 Å². The number of nitrogens with zero attached hydrogens (tertiary/aromatic N) is 4. The molecular formula is C30H34N4O3. The highest BCUT2D eigenvalue weighted by Crippen LogP contribution is 2.29. The molecule has 0 unspecified atom stereocenters. The number of pyridine rings is 1. The molecule has 1 aromatic carbocycles. The van der Waals surface area contributed by atoms with Crippen molar-refractivity contribution in [3.05, 3.63) is 103 Å². The molecule has 0 saturated carbocycles. The van der Waals surface area contributed by atoms with Crippen molar-refractivity contribution in [3.8, 4) is 11.4 Å². The third-order valence-electron chi connectivity index (χ3n) is 7.45. The fourth-order valence-corrected chi connectivity index (χ4v) is 5.40. The minimum atomic E-state index is -0.0744. The van der Waals surface area contributed by atoms with Gasteiger partial charge in [0.05, 0.1) is 25.3 Å². The Bertz CT molecular complexity index is 1280. The highest BCUT2D eigenvalue weighted by Gasteiger charge is 2.33. The standard InChI is InChI=1S/C30H34N4O3/c1-32(30(35)29-11-6-18-37-29)28(20-23-7-3-10-27(19-23)36-2)24-12-16-33(17-13-24)22-26-9-5-15-34(26)25-8-4-14-31-21-25/h3-11,14-15,18-19,21,24,28H,12-13,16-17,20,22H2,1-2H3/t28-/m0/s1. The number of piperidine rings is 1. The van der Waals surface area contributed by atoms with Crippen molar-refractivity contribution in [2.75, 3.05) is 27.2 Å². The number of likely N-dealkylation sites (N-methyl/N-ethyl adjacent to an activating group) is 1. The number of ether oxygens (including phenoxy) is 1. The van der Waals surface area contributed by atoms with E-state index in [2.05, 4.69) is 51.0 Å². The van der Waals surface area contributed by atoms with Gasteiger partial charge in [0.1, 0.15) is 5.75 Å². The number of benzene rings is 1. The van der Waals surface area contributed by atoms with Crippen LogP contribution in [0.2, 0.25) is 0 Å². The summed E-state index contributed by atoms with van der Waals surface area (Å²) in [6.45, 7) is 2.86. The quantitative estimate of drug-likeness (QED) is 0.322. The molecular weight excluding hydrogens is 464 g/mol. The van der Waals surface area contributed by atoms with Gasteiger partial charge in [-0.15, -0.1) is 0 Å². The fourth-order valence-electron chi connectivity index (χ4n) is 5.40. The number of carbonyl (C=O) groups excluding carboxylic acids is 1. The molecule has 0 N–H and O–H groups in total. The number of methoxy groups -OCH3 is 1. The predicted octanol–water partition coefficient (Wildman–Crippen LogP) is 5.07. The van der Waals surface area contributed by atoms with Gasteiger partial charge in [-0.2, -0.15) is 0 Å². The van der Waals surface area contributed by atoms with E-state index >= 15 is 0 Å². The number of carbonyl (C=O) groups is 1. The third kappa shape index (κ3) is 5.78. The highest BCUT2D eigenvalue weighted by atomic mass is 16.5. The molecule has 7 heteroatoms. The van der Waals surface area contributed by atoms with Crippen LogP contribution < -0.4 is 4.74 Å². The molecule has 1 atom stereocenters. The van der Waals surface area contributed by atoms with Crippen LogP contribution in [0, 0.1) is 5.92 Å². The van der Waals surface area contributed by atoms with Crippen LogP contribution in [-0.4, -0.2) is 58.5 Å². The van der Waals surface area contributed by atoms with Gasteiger partial charge in [0.2, 0.25) is 0 Å². The zero-order valence-corrected chi connectivity index (χ0v) is 21.5. The average Bonchev–Trinajstić information content (AvgIpc) is 3.65. The first-order valence-electron chi connectivity index (χ1n) is 12.8. The van der Waals surface area contributed by atoms with Gasteiger partial charge in [-0.3, -0.25) is 14.7 Å². The molecule has 1 saturated heterocycles. The maximum atomic E-state index is 13.2. The van der Waals surface area contributed by atoms with Crippen molar-refractivity contribution in [2.45, 2.75) is 31.8 Å². The fraction of sp³-hybridized carbons (Fsp3) is 0.333. The van der Waals surface area contributed by atoms with Crippen molar-refractivity contribution in [2.24, 2.45) is 5.92 Å². The summed E-state index contributed by atoms with van der Waals surface area (Å²) in [5.41, 5.74) is 3.50. The number of furan rings is 1. The Kier molecular flexibility index (Phi) is 7.70. The summed E-state index contributed by atoms with van der Waals surface area (Å²) in [6.07, 6.45) is 10.2. The van der Waals surface area contributed by atoms with E-state index in [1.807, 2.05) is 36.3 Å². The maximum Gasteiger partial charge on any atom is 0.289 e. The van der Waals surface area contributed by atoms with Crippen LogP contribution in [0.4, 0.5) is 0 Å². The number of aromatic nitrogens is 2. The molecule has 1 aliphatic heterocycles. The second kappa shape index (κ2) is 11.5. The van der Waals surface area contributed by atoms with Crippen LogP contribution in [0.3, 0.4) is 0 Å². The topological polar surface area (TPSA) is 63.7 Å². The first-order valence-corrected chi connectivity index (χ1v) is 12.8.